The molecule has 0 bridgehead atoms. The monoisotopic (exact) mass is 378 g/mol. The molecule has 0 aliphatic heterocycles. The van der Waals surface area contributed by atoms with Gasteiger partial charge in [-0.2, -0.15) is 0 Å². The number of carbonyl (C=O) groups is 1. The van der Waals surface area contributed by atoms with Gasteiger partial charge in [-0.3, -0.25) is 14.9 Å². The van der Waals surface area contributed by atoms with Gasteiger partial charge in [0, 0.05) is 23.4 Å². The van der Waals surface area contributed by atoms with Crippen molar-refractivity contribution >= 4 is 33.2 Å². The summed E-state index contributed by atoms with van der Waals surface area (Å²) in [6.45, 7) is 3.84. The lowest BCUT2D eigenvalue weighted by Gasteiger charge is -2.12. The van der Waals surface area contributed by atoms with Crippen LogP contribution in [0.5, 0.6) is 5.75 Å². The van der Waals surface area contributed by atoms with E-state index < -0.39 is 4.92 Å². The molecule has 0 aromatic heterocycles. The van der Waals surface area contributed by atoms with E-state index >= 15 is 0 Å². The second-order valence-corrected chi connectivity index (χ2v) is 5.92. The van der Waals surface area contributed by atoms with E-state index in [1.165, 1.54) is 24.3 Å². The van der Waals surface area contributed by atoms with Crippen molar-refractivity contribution in [3.8, 4) is 5.75 Å². The van der Waals surface area contributed by atoms with Gasteiger partial charge in [0.1, 0.15) is 5.75 Å². The first-order valence-corrected chi connectivity index (χ1v) is 7.68. The summed E-state index contributed by atoms with van der Waals surface area (Å²) in [6, 6.07) is 10.7. The molecule has 0 spiro atoms. The van der Waals surface area contributed by atoms with E-state index in [0.717, 1.165) is 0 Å². The van der Waals surface area contributed by atoms with Crippen LogP contribution in [0.15, 0.2) is 46.9 Å². The third-order valence-electron chi connectivity index (χ3n) is 2.89. The van der Waals surface area contributed by atoms with Gasteiger partial charge in [0.05, 0.1) is 15.5 Å². The number of rotatable bonds is 5. The molecule has 0 aliphatic rings. The van der Waals surface area contributed by atoms with Crippen LogP contribution in [0.3, 0.4) is 0 Å². The van der Waals surface area contributed by atoms with Gasteiger partial charge < -0.3 is 10.1 Å². The number of hydrogen-bond donors (Lipinski definition) is 1. The predicted molar refractivity (Wildman–Crippen MR) is 91.0 cm³/mol. The summed E-state index contributed by atoms with van der Waals surface area (Å²) in [5.74, 6) is 0.350. The Kier molecular flexibility index (Phi) is 5.33. The van der Waals surface area contributed by atoms with E-state index in [-0.39, 0.29) is 17.7 Å². The zero-order chi connectivity index (χ0) is 17.0. The Hall–Kier alpha value is -2.41. The van der Waals surface area contributed by atoms with Crippen molar-refractivity contribution < 1.29 is 14.5 Å². The Bertz CT molecular complexity index is 729. The quantitative estimate of drug-likeness (QED) is 0.617. The fraction of sp³-hybridized carbons (Fsp3) is 0.188. The lowest BCUT2D eigenvalue weighted by Crippen LogP contribution is -2.12. The third-order valence-corrected chi connectivity index (χ3v) is 3.51. The number of nitro benzene ring substituents is 1. The maximum atomic E-state index is 12.2. The first-order valence-electron chi connectivity index (χ1n) is 6.89. The normalized spacial score (nSPS) is 10.4. The SMILES string of the molecule is CC(C)Oc1ccc(C(=O)Nc2ccc([N+](=O)[O-])cc2)cc1Br. The summed E-state index contributed by atoms with van der Waals surface area (Å²) in [4.78, 5) is 22.3. The summed E-state index contributed by atoms with van der Waals surface area (Å²) in [5, 5.41) is 13.3. The Labute approximate surface area is 141 Å². The summed E-state index contributed by atoms with van der Waals surface area (Å²) >= 11 is 3.37. The molecule has 0 aliphatic carbocycles. The molecule has 1 amide bonds. The highest BCUT2D eigenvalue weighted by Crippen LogP contribution is 2.27. The molecule has 6 nitrogen and oxygen atoms in total. The fourth-order valence-corrected chi connectivity index (χ4v) is 2.33. The highest BCUT2D eigenvalue weighted by Gasteiger charge is 2.11. The molecular formula is C16H15BrN2O4. The number of non-ortho nitro benzene ring substituents is 1. The first kappa shape index (κ1) is 17.0. The molecule has 0 heterocycles. The van der Waals surface area contributed by atoms with E-state index in [4.69, 9.17) is 4.74 Å². The van der Waals surface area contributed by atoms with Crippen molar-refractivity contribution in [2.45, 2.75) is 20.0 Å². The van der Waals surface area contributed by atoms with Crippen molar-refractivity contribution in [2.75, 3.05) is 5.32 Å². The second-order valence-electron chi connectivity index (χ2n) is 5.07. The number of nitro groups is 1. The average molecular weight is 379 g/mol. The van der Waals surface area contributed by atoms with Crippen molar-refractivity contribution in [1.29, 1.82) is 0 Å². The lowest BCUT2D eigenvalue weighted by molar-refractivity contribution is -0.384. The summed E-state index contributed by atoms with van der Waals surface area (Å²) in [7, 11) is 0. The summed E-state index contributed by atoms with van der Waals surface area (Å²) in [5.41, 5.74) is 0.909. The number of carbonyl (C=O) groups excluding carboxylic acids is 1. The molecule has 0 saturated carbocycles. The van der Waals surface area contributed by atoms with Crippen molar-refractivity contribution in [3.05, 3.63) is 62.6 Å². The highest BCUT2D eigenvalue weighted by atomic mass is 79.9. The molecule has 2 rings (SSSR count). The zero-order valence-corrected chi connectivity index (χ0v) is 14.2. The van der Waals surface area contributed by atoms with Crippen LogP contribution in [0.1, 0.15) is 24.2 Å². The number of benzene rings is 2. The number of amides is 1. The molecule has 0 fully saturated rings. The molecule has 2 aromatic carbocycles. The maximum Gasteiger partial charge on any atom is 0.269 e. The minimum atomic E-state index is -0.490. The van der Waals surface area contributed by atoms with Crippen LogP contribution in [0.4, 0.5) is 11.4 Å². The van der Waals surface area contributed by atoms with E-state index in [9.17, 15) is 14.9 Å². The lowest BCUT2D eigenvalue weighted by atomic mass is 10.2. The van der Waals surface area contributed by atoms with Gasteiger partial charge >= 0.3 is 0 Å². The van der Waals surface area contributed by atoms with Crippen molar-refractivity contribution in [2.24, 2.45) is 0 Å². The number of nitrogens with zero attached hydrogens (tertiary/aromatic N) is 1. The number of hydrogen-bond acceptors (Lipinski definition) is 4. The Morgan fingerprint density at radius 3 is 2.39 bits per heavy atom. The van der Waals surface area contributed by atoms with Crippen LogP contribution in [0, 0.1) is 10.1 Å². The third kappa shape index (κ3) is 4.53. The zero-order valence-electron chi connectivity index (χ0n) is 12.6. The number of anilines is 1. The average Bonchev–Trinajstić information content (AvgIpc) is 2.49. The molecule has 1 N–H and O–H groups in total. The van der Waals surface area contributed by atoms with Crippen molar-refractivity contribution in [3.63, 3.8) is 0 Å². The van der Waals surface area contributed by atoms with Crippen LogP contribution in [-0.4, -0.2) is 16.9 Å². The Morgan fingerprint density at radius 1 is 1.22 bits per heavy atom. The van der Waals surface area contributed by atoms with Gasteiger partial charge in [-0.25, -0.2) is 0 Å². The Morgan fingerprint density at radius 2 is 1.87 bits per heavy atom. The molecule has 2 aromatic rings. The van der Waals surface area contributed by atoms with Gasteiger partial charge in [0.15, 0.2) is 0 Å². The van der Waals surface area contributed by atoms with E-state index in [1.807, 2.05) is 13.8 Å². The van der Waals surface area contributed by atoms with Gasteiger partial charge in [-0.05, 0) is 60.1 Å². The van der Waals surface area contributed by atoms with Gasteiger partial charge in [0.2, 0.25) is 0 Å². The van der Waals surface area contributed by atoms with Crippen LogP contribution in [0.2, 0.25) is 0 Å². The highest BCUT2D eigenvalue weighted by molar-refractivity contribution is 9.10. The van der Waals surface area contributed by atoms with E-state index in [1.54, 1.807) is 18.2 Å². The fourth-order valence-electron chi connectivity index (χ4n) is 1.86. The Balaban J connectivity index is 2.11. The van der Waals surface area contributed by atoms with Crippen LogP contribution >= 0.6 is 15.9 Å². The second kappa shape index (κ2) is 7.23. The molecule has 0 saturated heterocycles. The molecule has 0 radical (unpaired) electrons. The van der Waals surface area contributed by atoms with Gasteiger partial charge in [-0.15, -0.1) is 0 Å². The molecule has 120 valence electrons. The smallest absolute Gasteiger partial charge is 0.269 e. The topological polar surface area (TPSA) is 81.5 Å². The largest absolute Gasteiger partial charge is 0.490 e. The number of halogens is 1. The van der Waals surface area contributed by atoms with Gasteiger partial charge in [-0.1, -0.05) is 0 Å². The maximum absolute atomic E-state index is 12.2. The van der Waals surface area contributed by atoms with Gasteiger partial charge in [0.25, 0.3) is 11.6 Å². The van der Waals surface area contributed by atoms with Crippen LogP contribution in [-0.2, 0) is 0 Å². The van der Waals surface area contributed by atoms with E-state index in [0.29, 0.717) is 21.5 Å². The number of ether oxygens (including phenoxy) is 1. The molecule has 7 heteroatoms. The van der Waals surface area contributed by atoms with E-state index in [2.05, 4.69) is 21.2 Å². The van der Waals surface area contributed by atoms with Crippen LogP contribution in [0.25, 0.3) is 0 Å². The van der Waals surface area contributed by atoms with Crippen LogP contribution < -0.4 is 10.1 Å². The minimum Gasteiger partial charge on any atom is -0.490 e. The standard InChI is InChI=1S/C16H15BrN2O4/c1-10(2)23-15-8-3-11(9-14(15)17)16(20)18-12-4-6-13(7-5-12)19(21)22/h3-10H,1-2H3,(H,18,20). The molecule has 0 unspecified atom stereocenters. The predicted octanol–water partition coefficient (Wildman–Crippen LogP) is 4.40. The first-order chi connectivity index (χ1) is 10.9. The number of nitrogens with one attached hydrogen (secondary N) is 1. The van der Waals surface area contributed by atoms with Crippen molar-refractivity contribution in [1.82, 2.24) is 0 Å². The summed E-state index contributed by atoms with van der Waals surface area (Å²) in [6.07, 6.45) is 0.0334. The minimum absolute atomic E-state index is 0.0269. The molecule has 0 atom stereocenters. The molecule has 23 heavy (non-hydrogen) atoms. The summed E-state index contributed by atoms with van der Waals surface area (Å²) < 4.78 is 6.27. The molecular weight excluding hydrogens is 364 g/mol.